The molecule has 5 nitrogen and oxygen atoms in total. The van der Waals surface area contributed by atoms with Crippen molar-refractivity contribution in [2.24, 2.45) is 5.92 Å². The number of amides is 2. The van der Waals surface area contributed by atoms with Crippen LogP contribution < -0.4 is 15.0 Å². The number of ether oxygens (including phenoxy) is 1. The van der Waals surface area contributed by atoms with Gasteiger partial charge in [-0.05, 0) is 72.0 Å². The van der Waals surface area contributed by atoms with Crippen molar-refractivity contribution in [3.05, 3.63) is 89.7 Å². The van der Waals surface area contributed by atoms with E-state index in [1.54, 1.807) is 48.4 Å². The number of nitrogens with one attached hydrogen (secondary N) is 1. The number of halogens is 1. The molecule has 0 bridgehead atoms. The highest BCUT2D eigenvalue weighted by atomic mass is 19.1. The van der Waals surface area contributed by atoms with Crippen molar-refractivity contribution in [3.63, 3.8) is 0 Å². The van der Waals surface area contributed by atoms with Crippen molar-refractivity contribution < 1.29 is 18.7 Å². The van der Waals surface area contributed by atoms with Gasteiger partial charge in [-0.3, -0.25) is 9.59 Å². The summed E-state index contributed by atoms with van der Waals surface area (Å²) in [6.07, 6.45) is 0.650. The van der Waals surface area contributed by atoms with E-state index in [-0.39, 0.29) is 24.1 Å². The van der Waals surface area contributed by atoms with Gasteiger partial charge in [0.25, 0.3) is 0 Å². The third kappa shape index (κ3) is 4.96. The highest BCUT2D eigenvalue weighted by Gasteiger charge is 2.41. The van der Waals surface area contributed by atoms with Crippen molar-refractivity contribution in [1.29, 1.82) is 0 Å². The molecule has 4 rings (SSSR count). The van der Waals surface area contributed by atoms with Crippen LogP contribution in [0, 0.1) is 11.7 Å². The molecule has 0 aliphatic carbocycles. The summed E-state index contributed by atoms with van der Waals surface area (Å²) in [4.78, 5) is 28.2. The average Bonchev–Trinajstić information content (AvgIpc) is 2.84. The molecule has 3 aromatic carbocycles. The summed E-state index contributed by atoms with van der Waals surface area (Å²) in [6.45, 7) is 4.24. The quantitative estimate of drug-likeness (QED) is 0.485. The zero-order valence-electron chi connectivity index (χ0n) is 19.6. The SMILES string of the molecule is COc1ccc(N2C(=O)CCC(C(=O)Nc3ccc(C(C)C)cc3)C2c2ccc(F)cc2)cc1. The topological polar surface area (TPSA) is 58.6 Å². The fourth-order valence-electron chi connectivity index (χ4n) is 4.44. The van der Waals surface area contributed by atoms with Crippen LogP contribution in [0.15, 0.2) is 72.8 Å². The summed E-state index contributed by atoms with van der Waals surface area (Å²) in [7, 11) is 1.58. The smallest absolute Gasteiger partial charge is 0.229 e. The first-order chi connectivity index (χ1) is 16.4. The number of hydrogen-bond acceptors (Lipinski definition) is 3. The number of piperidine rings is 1. The van der Waals surface area contributed by atoms with Crippen LogP contribution in [0.2, 0.25) is 0 Å². The van der Waals surface area contributed by atoms with E-state index in [1.165, 1.54) is 17.7 Å². The summed E-state index contributed by atoms with van der Waals surface area (Å²) in [6, 6.07) is 20.4. The fraction of sp³-hybridized carbons (Fsp3) is 0.286. The molecule has 2 atom stereocenters. The van der Waals surface area contributed by atoms with E-state index in [0.717, 1.165) is 0 Å². The Labute approximate surface area is 199 Å². The molecule has 1 aliphatic heterocycles. The lowest BCUT2D eigenvalue weighted by Gasteiger charge is -2.41. The van der Waals surface area contributed by atoms with E-state index in [4.69, 9.17) is 4.74 Å². The standard InChI is InChI=1S/C28H29FN2O3/c1-18(2)19-6-10-22(11-7-19)30-28(33)25-16-17-26(32)31(23-12-14-24(34-3)15-13-23)27(25)20-4-8-21(29)9-5-20/h4-15,18,25,27H,16-17H2,1-3H3,(H,30,33). The second-order valence-electron chi connectivity index (χ2n) is 8.87. The second kappa shape index (κ2) is 10.1. The minimum atomic E-state index is -0.565. The van der Waals surface area contributed by atoms with Gasteiger partial charge in [0.05, 0.1) is 19.1 Å². The maximum atomic E-state index is 13.7. The largest absolute Gasteiger partial charge is 0.497 e. The predicted octanol–water partition coefficient (Wildman–Crippen LogP) is 6.08. The Kier molecular flexibility index (Phi) is 6.96. The summed E-state index contributed by atoms with van der Waals surface area (Å²) >= 11 is 0. The summed E-state index contributed by atoms with van der Waals surface area (Å²) in [5.41, 5.74) is 3.27. The molecule has 3 aromatic rings. The summed E-state index contributed by atoms with van der Waals surface area (Å²) in [5, 5.41) is 3.02. The lowest BCUT2D eigenvalue weighted by atomic mass is 9.83. The summed E-state index contributed by atoms with van der Waals surface area (Å²) in [5.74, 6) is -0.0497. The van der Waals surface area contributed by atoms with Crippen LogP contribution in [0.1, 0.15) is 49.8 Å². The molecule has 1 heterocycles. The number of benzene rings is 3. The van der Waals surface area contributed by atoms with Crippen LogP contribution >= 0.6 is 0 Å². The molecular weight excluding hydrogens is 431 g/mol. The van der Waals surface area contributed by atoms with Gasteiger partial charge in [-0.15, -0.1) is 0 Å². The van der Waals surface area contributed by atoms with Gasteiger partial charge in [0, 0.05) is 17.8 Å². The third-order valence-corrected chi connectivity index (χ3v) is 6.34. The molecule has 0 spiro atoms. The van der Waals surface area contributed by atoms with E-state index in [1.807, 2.05) is 24.3 Å². The van der Waals surface area contributed by atoms with Gasteiger partial charge in [-0.1, -0.05) is 38.1 Å². The number of hydrogen-bond donors (Lipinski definition) is 1. The first-order valence-electron chi connectivity index (χ1n) is 11.5. The molecule has 34 heavy (non-hydrogen) atoms. The van der Waals surface area contributed by atoms with Gasteiger partial charge in [-0.2, -0.15) is 0 Å². The third-order valence-electron chi connectivity index (χ3n) is 6.34. The maximum Gasteiger partial charge on any atom is 0.229 e. The van der Waals surface area contributed by atoms with Crippen molar-refractivity contribution in [2.45, 2.75) is 38.6 Å². The van der Waals surface area contributed by atoms with E-state index < -0.39 is 12.0 Å². The van der Waals surface area contributed by atoms with Crippen LogP contribution in [0.4, 0.5) is 15.8 Å². The number of carbonyl (C=O) groups is 2. The number of carbonyl (C=O) groups excluding carboxylic acids is 2. The molecular formula is C28H29FN2O3. The first kappa shape index (κ1) is 23.5. The average molecular weight is 461 g/mol. The first-order valence-corrected chi connectivity index (χ1v) is 11.5. The lowest BCUT2D eigenvalue weighted by Crippen LogP contribution is -2.47. The predicted molar refractivity (Wildman–Crippen MR) is 132 cm³/mol. The molecule has 1 saturated heterocycles. The highest BCUT2D eigenvalue weighted by Crippen LogP contribution is 2.41. The highest BCUT2D eigenvalue weighted by molar-refractivity contribution is 6.00. The minimum absolute atomic E-state index is 0.0789. The molecule has 2 unspecified atom stereocenters. The van der Waals surface area contributed by atoms with Gasteiger partial charge in [0.1, 0.15) is 11.6 Å². The molecule has 0 aromatic heterocycles. The molecule has 1 fully saturated rings. The van der Waals surface area contributed by atoms with E-state index in [0.29, 0.717) is 35.0 Å². The zero-order valence-corrected chi connectivity index (χ0v) is 19.6. The van der Waals surface area contributed by atoms with Gasteiger partial charge in [0.15, 0.2) is 0 Å². The molecule has 6 heteroatoms. The second-order valence-corrected chi connectivity index (χ2v) is 8.87. The van der Waals surface area contributed by atoms with Crippen LogP contribution in [0.3, 0.4) is 0 Å². The number of anilines is 2. The van der Waals surface area contributed by atoms with Gasteiger partial charge in [0.2, 0.25) is 11.8 Å². The van der Waals surface area contributed by atoms with Crippen molar-refractivity contribution in [2.75, 3.05) is 17.3 Å². The van der Waals surface area contributed by atoms with Crippen LogP contribution in [0.5, 0.6) is 5.75 Å². The van der Waals surface area contributed by atoms with Gasteiger partial charge < -0.3 is 15.0 Å². The Hall–Kier alpha value is -3.67. The fourth-order valence-corrected chi connectivity index (χ4v) is 4.44. The van der Waals surface area contributed by atoms with Crippen LogP contribution in [-0.4, -0.2) is 18.9 Å². The molecule has 1 aliphatic rings. The molecule has 0 saturated carbocycles. The van der Waals surface area contributed by atoms with Crippen molar-refractivity contribution >= 4 is 23.2 Å². The Morgan fingerprint density at radius 2 is 1.65 bits per heavy atom. The monoisotopic (exact) mass is 460 g/mol. The number of rotatable bonds is 6. The number of methoxy groups -OCH3 is 1. The van der Waals surface area contributed by atoms with Gasteiger partial charge in [-0.25, -0.2) is 4.39 Å². The van der Waals surface area contributed by atoms with E-state index in [9.17, 15) is 14.0 Å². The molecule has 1 N–H and O–H groups in total. The van der Waals surface area contributed by atoms with Gasteiger partial charge >= 0.3 is 0 Å². The lowest BCUT2D eigenvalue weighted by molar-refractivity contribution is -0.125. The Morgan fingerprint density at radius 1 is 1.00 bits per heavy atom. The van der Waals surface area contributed by atoms with Crippen molar-refractivity contribution in [1.82, 2.24) is 0 Å². The molecule has 0 radical (unpaired) electrons. The number of nitrogens with zero attached hydrogens (tertiary/aromatic N) is 1. The van der Waals surface area contributed by atoms with Crippen LogP contribution in [-0.2, 0) is 9.59 Å². The molecule has 2 amide bonds. The minimum Gasteiger partial charge on any atom is -0.497 e. The van der Waals surface area contributed by atoms with E-state index in [2.05, 4.69) is 19.2 Å². The maximum absolute atomic E-state index is 13.7. The Balaban J connectivity index is 1.68. The Morgan fingerprint density at radius 3 is 2.24 bits per heavy atom. The van der Waals surface area contributed by atoms with Crippen LogP contribution in [0.25, 0.3) is 0 Å². The normalized spacial score (nSPS) is 18.1. The van der Waals surface area contributed by atoms with Crippen molar-refractivity contribution in [3.8, 4) is 5.75 Å². The molecule has 176 valence electrons. The van der Waals surface area contributed by atoms with E-state index >= 15 is 0 Å². The zero-order chi connectivity index (χ0) is 24.2. The Bertz CT molecular complexity index is 1140. The summed E-state index contributed by atoms with van der Waals surface area (Å²) < 4.78 is 18.9.